The highest BCUT2D eigenvalue weighted by Crippen LogP contribution is 2.45. The molecule has 9 heteroatoms. The number of piperazine rings is 1. The van der Waals surface area contributed by atoms with Crippen molar-refractivity contribution in [2.75, 3.05) is 39.3 Å². The summed E-state index contributed by atoms with van der Waals surface area (Å²) in [6.45, 7) is 12.8. The van der Waals surface area contributed by atoms with Crippen molar-refractivity contribution in [1.82, 2.24) is 25.3 Å². The Morgan fingerprint density at radius 2 is 1.70 bits per heavy atom. The first kappa shape index (κ1) is 25.5. The van der Waals surface area contributed by atoms with Crippen molar-refractivity contribution in [1.29, 1.82) is 0 Å². The van der Waals surface area contributed by atoms with Gasteiger partial charge in [0.15, 0.2) is 0 Å². The molecular weight excluding hydrogens is 422 g/mol. The molecule has 0 unspecified atom stereocenters. The summed E-state index contributed by atoms with van der Waals surface area (Å²) in [6, 6.07) is -0.355. The second kappa shape index (κ2) is 9.99. The molecule has 0 aromatic rings. The minimum absolute atomic E-state index is 0.0218. The van der Waals surface area contributed by atoms with Crippen LogP contribution in [0.15, 0.2) is 0 Å². The summed E-state index contributed by atoms with van der Waals surface area (Å²) in [6.07, 6.45) is 4.16. The van der Waals surface area contributed by atoms with E-state index in [0.717, 1.165) is 24.2 Å². The number of imide groups is 1. The van der Waals surface area contributed by atoms with Crippen molar-refractivity contribution in [3.8, 4) is 0 Å². The van der Waals surface area contributed by atoms with Crippen LogP contribution in [0.25, 0.3) is 0 Å². The van der Waals surface area contributed by atoms with Gasteiger partial charge in [-0.1, -0.05) is 27.2 Å². The molecule has 2 saturated heterocycles. The summed E-state index contributed by atoms with van der Waals surface area (Å²) in [5.74, 6) is 0.0408. The third-order valence-electron chi connectivity index (χ3n) is 7.94. The molecule has 0 aromatic carbocycles. The molecule has 0 aromatic heterocycles. The molecular formula is C24H41N5O4. The summed E-state index contributed by atoms with van der Waals surface area (Å²) < 4.78 is 0. The lowest BCUT2D eigenvalue weighted by atomic mass is 9.65. The first-order chi connectivity index (χ1) is 15.5. The third-order valence-corrected chi connectivity index (χ3v) is 7.94. The van der Waals surface area contributed by atoms with Gasteiger partial charge in [-0.05, 0) is 50.9 Å². The number of urea groups is 1. The Bertz CT molecular complexity index is 765. The van der Waals surface area contributed by atoms with Crippen LogP contribution in [0.1, 0.15) is 66.7 Å². The molecule has 2 N–H and O–H groups in total. The zero-order valence-electron chi connectivity index (χ0n) is 20.9. The Morgan fingerprint density at radius 1 is 1.09 bits per heavy atom. The van der Waals surface area contributed by atoms with Crippen molar-refractivity contribution in [2.45, 2.75) is 78.3 Å². The second-order valence-electron chi connectivity index (χ2n) is 10.9. The van der Waals surface area contributed by atoms with Gasteiger partial charge in [-0.2, -0.15) is 0 Å². The van der Waals surface area contributed by atoms with Crippen LogP contribution in [0.3, 0.4) is 0 Å². The molecule has 1 aliphatic carbocycles. The van der Waals surface area contributed by atoms with E-state index in [0.29, 0.717) is 51.5 Å². The average Bonchev–Trinajstić information content (AvgIpc) is 2.97. The van der Waals surface area contributed by atoms with E-state index in [1.165, 1.54) is 0 Å². The maximum Gasteiger partial charge on any atom is 0.325 e. The van der Waals surface area contributed by atoms with Crippen molar-refractivity contribution in [3.05, 3.63) is 0 Å². The summed E-state index contributed by atoms with van der Waals surface area (Å²) >= 11 is 0. The lowest BCUT2D eigenvalue weighted by molar-refractivity contribution is -0.141. The second-order valence-corrected chi connectivity index (χ2v) is 10.9. The van der Waals surface area contributed by atoms with Gasteiger partial charge < -0.3 is 15.5 Å². The van der Waals surface area contributed by atoms with Gasteiger partial charge in [0, 0.05) is 32.2 Å². The molecule has 3 rings (SSSR count). The fraction of sp³-hybridized carbons (Fsp3) is 0.833. The lowest BCUT2D eigenvalue weighted by Gasteiger charge is -2.42. The predicted octanol–water partition coefficient (Wildman–Crippen LogP) is 1.57. The van der Waals surface area contributed by atoms with Crippen molar-refractivity contribution >= 4 is 23.8 Å². The standard InChI is InChI=1S/C24H41N5O4/c1-6-23(4,5)18-7-9-24(10-8-18)21(32)29(22(33)26-24)16-20(31)28-13-11-27(12-14-28)15-19(30)25-17(2)3/h17-18H,6-16H2,1-5H3,(H,25,30)(H,26,33). The van der Waals surface area contributed by atoms with Gasteiger partial charge in [0.1, 0.15) is 12.1 Å². The maximum atomic E-state index is 13.2. The summed E-state index contributed by atoms with van der Waals surface area (Å²) in [5, 5.41) is 5.80. The quantitative estimate of drug-likeness (QED) is 0.558. The van der Waals surface area contributed by atoms with Crippen LogP contribution in [0.2, 0.25) is 0 Å². The molecule has 33 heavy (non-hydrogen) atoms. The van der Waals surface area contributed by atoms with E-state index in [-0.39, 0.29) is 35.7 Å². The Morgan fingerprint density at radius 3 is 2.24 bits per heavy atom. The van der Waals surface area contributed by atoms with Crippen LogP contribution in [-0.4, -0.2) is 89.3 Å². The normalized spacial score (nSPS) is 26.8. The Balaban J connectivity index is 1.50. The minimum Gasteiger partial charge on any atom is -0.353 e. The van der Waals surface area contributed by atoms with Crippen LogP contribution < -0.4 is 10.6 Å². The number of amides is 5. The summed E-state index contributed by atoms with van der Waals surface area (Å²) in [7, 11) is 0. The van der Waals surface area contributed by atoms with Crippen LogP contribution in [0.4, 0.5) is 4.79 Å². The van der Waals surface area contributed by atoms with Crippen molar-refractivity contribution in [2.24, 2.45) is 11.3 Å². The summed E-state index contributed by atoms with van der Waals surface area (Å²) in [5.41, 5.74) is -0.624. The number of hydrogen-bond donors (Lipinski definition) is 2. The van der Waals surface area contributed by atoms with E-state index < -0.39 is 11.6 Å². The molecule has 1 saturated carbocycles. The summed E-state index contributed by atoms with van der Waals surface area (Å²) in [4.78, 5) is 55.5. The maximum absolute atomic E-state index is 13.2. The lowest BCUT2D eigenvalue weighted by Crippen LogP contribution is -2.54. The molecule has 2 aliphatic heterocycles. The van der Waals surface area contributed by atoms with Crippen molar-refractivity contribution in [3.63, 3.8) is 0 Å². The number of hydrogen-bond acceptors (Lipinski definition) is 5. The van der Waals surface area contributed by atoms with Gasteiger partial charge in [-0.3, -0.25) is 24.2 Å². The number of carbonyl (C=O) groups is 4. The van der Waals surface area contributed by atoms with Crippen LogP contribution in [-0.2, 0) is 14.4 Å². The van der Waals surface area contributed by atoms with Crippen LogP contribution in [0, 0.1) is 11.3 Å². The number of rotatable bonds is 7. The van der Waals surface area contributed by atoms with Gasteiger partial charge >= 0.3 is 6.03 Å². The number of carbonyl (C=O) groups excluding carboxylic acids is 4. The van der Waals surface area contributed by atoms with Gasteiger partial charge in [0.05, 0.1) is 6.54 Å². The largest absolute Gasteiger partial charge is 0.353 e. The Labute approximate surface area is 197 Å². The fourth-order valence-electron chi connectivity index (χ4n) is 5.30. The molecule has 186 valence electrons. The van der Waals surface area contributed by atoms with E-state index in [1.54, 1.807) is 4.90 Å². The van der Waals surface area contributed by atoms with Crippen LogP contribution >= 0.6 is 0 Å². The monoisotopic (exact) mass is 463 g/mol. The highest BCUT2D eigenvalue weighted by Gasteiger charge is 2.54. The first-order valence-electron chi connectivity index (χ1n) is 12.4. The third kappa shape index (κ3) is 5.67. The molecule has 3 aliphatic rings. The smallest absolute Gasteiger partial charge is 0.325 e. The number of nitrogens with zero attached hydrogens (tertiary/aromatic N) is 3. The molecule has 5 amide bonds. The van der Waals surface area contributed by atoms with Gasteiger partial charge in [-0.15, -0.1) is 0 Å². The van der Waals surface area contributed by atoms with Gasteiger partial charge in [0.2, 0.25) is 11.8 Å². The average molecular weight is 464 g/mol. The van der Waals surface area contributed by atoms with Gasteiger partial charge in [0.25, 0.3) is 5.91 Å². The molecule has 0 bridgehead atoms. The molecule has 2 heterocycles. The Hall–Kier alpha value is -2.16. The number of nitrogens with one attached hydrogen (secondary N) is 2. The highest BCUT2D eigenvalue weighted by atomic mass is 16.2. The SMILES string of the molecule is CCC(C)(C)C1CCC2(CC1)NC(=O)N(CC(=O)N1CCN(CC(=O)NC(C)C)CC1)C2=O. The van der Waals surface area contributed by atoms with Crippen molar-refractivity contribution < 1.29 is 19.2 Å². The van der Waals surface area contributed by atoms with E-state index in [1.807, 2.05) is 18.7 Å². The minimum atomic E-state index is -0.847. The predicted molar refractivity (Wildman–Crippen MR) is 125 cm³/mol. The zero-order chi connectivity index (χ0) is 24.4. The zero-order valence-corrected chi connectivity index (χ0v) is 20.9. The van der Waals surface area contributed by atoms with Crippen LogP contribution in [0.5, 0.6) is 0 Å². The van der Waals surface area contributed by atoms with E-state index in [2.05, 4.69) is 31.4 Å². The fourth-order valence-corrected chi connectivity index (χ4v) is 5.30. The topological polar surface area (TPSA) is 102 Å². The molecule has 3 fully saturated rings. The molecule has 1 spiro atoms. The first-order valence-corrected chi connectivity index (χ1v) is 12.4. The molecule has 0 radical (unpaired) electrons. The van der Waals surface area contributed by atoms with E-state index in [9.17, 15) is 19.2 Å². The molecule has 9 nitrogen and oxygen atoms in total. The van der Waals surface area contributed by atoms with E-state index in [4.69, 9.17) is 0 Å². The van der Waals surface area contributed by atoms with E-state index >= 15 is 0 Å². The molecule has 0 atom stereocenters. The highest BCUT2D eigenvalue weighted by molar-refractivity contribution is 6.09. The Kier molecular flexibility index (Phi) is 7.71. The van der Waals surface area contributed by atoms with Gasteiger partial charge in [-0.25, -0.2) is 4.79 Å².